The van der Waals surface area contributed by atoms with E-state index in [0.29, 0.717) is 39.1 Å². The summed E-state index contributed by atoms with van der Waals surface area (Å²) in [6.45, 7) is 12.7. The van der Waals surface area contributed by atoms with E-state index < -0.39 is 34.7 Å². The van der Waals surface area contributed by atoms with Gasteiger partial charge in [0, 0.05) is 19.3 Å². The fourth-order valence-electron chi connectivity index (χ4n) is 4.24. The van der Waals surface area contributed by atoms with Crippen molar-refractivity contribution in [3.8, 4) is 0 Å². The van der Waals surface area contributed by atoms with E-state index in [2.05, 4.69) is 0 Å². The Balaban J connectivity index is 1.55. The van der Waals surface area contributed by atoms with E-state index in [1.807, 2.05) is 0 Å². The average molecular weight is 505 g/mol. The molecule has 3 atom stereocenters. The van der Waals surface area contributed by atoms with Crippen molar-refractivity contribution in [2.75, 3.05) is 19.8 Å². The Morgan fingerprint density at radius 2 is 0.833 bits per heavy atom. The first kappa shape index (κ1) is 26.6. The largest absolute Gasteiger partial charge is 0.456 e. The molecule has 3 heterocycles. The summed E-state index contributed by atoms with van der Waals surface area (Å²) in [7, 11) is 0. The maximum absolute atomic E-state index is 13.1. The Hall–Kier alpha value is -2.49. The molecule has 3 fully saturated rings. The maximum Gasteiger partial charge on any atom is 0.338 e. The van der Waals surface area contributed by atoms with Gasteiger partial charge in [-0.15, -0.1) is 0 Å². The minimum Gasteiger partial charge on any atom is -0.456 e. The van der Waals surface area contributed by atoms with Crippen LogP contribution in [0.4, 0.5) is 0 Å². The summed E-state index contributed by atoms with van der Waals surface area (Å²) in [6.07, 6.45) is 1.83. The lowest BCUT2D eigenvalue weighted by molar-refractivity contribution is -0.00749. The lowest BCUT2D eigenvalue weighted by Crippen LogP contribution is -2.32. The Morgan fingerprint density at radius 3 is 1.03 bits per heavy atom. The molecule has 3 saturated heterocycles. The van der Waals surface area contributed by atoms with Crippen LogP contribution in [0, 0.1) is 0 Å². The Labute approximate surface area is 211 Å². The monoisotopic (exact) mass is 504 g/mol. The topological polar surface area (TPSA) is 116 Å². The lowest BCUT2D eigenvalue weighted by atomic mass is 10.0. The zero-order valence-corrected chi connectivity index (χ0v) is 21.9. The van der Waals surface area contributed by atoms with Gasteiger partial charge in [-0.25, -0.2) is 14.4 Å². The molecular weight excluding hydrogens is 468 g/mol. The highest BCUT2D eigenvalue weighted by molar-refractivity contribution is 6.00. The van der Waals surface area contributed by atoms with E-state index in [9.17, 15) is 14.4 Å². The van der Waals surface area contributed by atoms with Gasteiger partial charge in [-0.3, -0.25) is 0 Å². The summed E-state index contributed by atoms with van der Waals surface area (Å²) in [5.74, 6) is -1.96. The Bertz CT molecular complexity index is 873. The van der Waals surface area contributed by atoms with Crippen molar-refractivity contribution < 1.29 is 42.8 Å². The summed E-state index contributed by atoms with van der Waals surface area (Å²) in [5, 5.41) is 0. The maximum atomic E-state index is 13.1. The van der Waals surface area contributed by atoms with Gasteiger partial charge in [0.1, 0.15) is 16.8 Å². The molecule has 4 rings (SSSR count). The normalized spacial score (nSPS) is 23.0. The number of rotatable bonds is 12. The lowest BCUT2D eigenvalue weighted by Gasteiger charge is -2.26. The smallest absolute Gasteiger partial charge is 0.338 e. The van der Waals surface area contributed by atoms with Crippen molar-refractivity contribution >= 4 is 17.9 Å². The van der Waals surface area contributed by atoms with Gasteiger partial charge in [0.15, 0.2) is 0 Å². The van der Waals surface area contributed by atoms with Gasteiger partial charge in [0.2, 0.25) is 0 Å². The molecule has 0 aliphatic carbocycles. The summed E-state index contributed by atoms with van der Waals surface area (Å²) >= 11 is 0. The van der Waals surface area contributed by atoms with Crippen molar-refractivity contribution in [1.82, 2.24) is 0 Å². The molecule has 3 aliphatic rings. The van der Waals surface area contributed by atoms with Crippen LogP contribution >= 0.6 is 0 Å². The van der Waals surface area contributed by atoms with Crippen molar-refractivity contribution in [1.29, 1.82) is 0 Å². The number of epoxide rings is 3. The quantitative estimate of drug-likeness (QED) is 0.238. The van der Waals surface area contributed by atoms with E-state index >= 15 is 0 Å². The van der Waals surface area contributed by atoms with E-state index in [4.69, 9.17) is 28.4 Å². The van der Waals surface area contributed by atoms with Crippen molar-refractivity contribution in [2.24, 2.45) is 0 Å². The molecule has 3 unspecified atom stereocenters. The number of ether oxygens (including phenoxy) is 6. The molecule has 1 aromatic rings. The summed E-state index contributed by atoms with van der Waals surface area (Å²) in [6, 6.07) is 4.16. The molecule has 0 saturated carbocycles. The van der Waals surface area contributed by atoms with Crippen LogP contribution in [0.25, 0.3) is 0 Å². The number of carbonyl (C=O) groups excluding carboxylic acids is 3. The third-order valence-corrected chi connectivity index (χ3v) is 6.11. The number of esters is 3. The molecule has 1 aromatic carbocycles. The predicted octanol–water partition coefficient (Wildman–Crippen LogP) is 3.86. The minimum absolute atomic E-state index is 0.0628. The Kier molecular flexibility index (Phi) is 7.20. The van der Waals surface area contributed by atoms with Gasteiger partial charge in [-0.1, -0.05) is 0 Å². The second-order valence-corrected chi connectivity index (χ2v) is 11.7. The van der Waals surface area contributed by atoms with Gasteiger partial charge in [-0.2, -0.15) is 0 Å². The molecule has 9 heteroatoms. The molecule has 9 nitrogen and oxygen atoms in total. The van der Waals surface area contributed by atoms with Gasteiger partial charge in [-0.05, 0) is 59.7 Å². The van der Waals surface area contributed by atoms with Gasteiger partial charge in [0.25, 0.3) is 0 Å². The van der Waals surface area contributed by atoms with Crippen LogP contribution in [0.1, 0.15) is 91.9 Å². The molecule has 198 valence electrons. The third-order valence-electron chi connectivity index (χ3n) is 6.11. The van der Waals surface area contributed by atoms with Gasteiger partial charge >= 0.3 is 17.9 Å². The second-order valence-electron chi connectivity index (χ2n) is 11.7. The number of carbonyl (C=O) groups is 3. The van der Waals surface area contributed by atoms with Crippen molar-refractivity contribution in [3.63, 3.8) is 0 Å². The zero-order valence-electron chi connectivity index (χ0n) is 21.9. The van der Waals surface area contributed by atoms with Crippen LogP contribution in [-0.4, -0.2) is 72.8 Å². The van der Waals surface area contributed by atoms with Crippen LogP contribution in [-0.2, 0) is 28.4 Å². The molecule has 0 bridgehead atoms. The predicted molar refractivity (Wildman–Crippen MR) is 128 cm³/mol. The third kappa shape index (κ3) is 8.01. The molecule has 0 spiro atoms. The highest BCUT2D eigenvalue weighted by Crippen LogP contribution is 2.30. The highest BCUT2D eigenvalue weighted by atomic mass is 16.6. The number of benzene rings is 1. The number of hydrogen-bond acceptors (Lipinski definition) is 9. The van der Waals surface area contributed by atoms with Crippen LogP contribution in [0.3, 0.4) is 0 Å². The van der Waals surface area contributed by atoms with Crippen molar-refractivity contribution in [3.05, 3.63) is 34.9 Å². The van der Waals surface area contributed by atoms with Crippen LogP contribution in [0.2, 0.25) is 0 Å². The SMILES string of the molecule is CC(C)(CC1CO1)OC(=O)c1cc(C(=O)OC(C)(C)CC2CO2)cc(C(=O)OC(C)(C)CC2CO2)c1. The van der Waals surface area contributed by atoms with Crippen molar-refractivity contribution in [2.45, 2.75) is 95.9 Å². The van der Waals surface area contributed by atoms with E-state index in [-0.39, 0.29) is 35.0 Å². The fourth-order valence-corrected chi connectivity index (χ4v) is 4.24. The first-order chi connectivity index (χ1) is 16.7. The zero-order chi connectivity index (χ0) is 26.3. The first-order valence-corrected chi connectivity index (χ1v) is 12.4. The minimum atomic E-state index is -0.784. The van der Waals surface area contributed by atoms with Crippen LogP contribution in [0.15, 0.2) is 18.2 Å². The summed E-state index contributed by atoms with van der Waals surface area (Å²) < 4.78 is 32.9. The summed E-state index contributed by atoms with van der Waals surface area (Å²) in [5.41, 5.74) is -2.16. The average Bonchev–Trinajstić information content (AvgIpc) is 3.56. The summed E-state index contributed by atoms with van der Waals surface area (Å²) in [4.78, 5) is 39.3. The molecule has 0 amide bonds. The first-order valence-electron chi connectivity index (χ1n) is 12.4. The molecule has 0 radical (unpaired) electrons. The highest BCUT2D eigenvalue weighted by Gasteiger charge is 2.37. The molecule has 0 aromatic heterocycles. The van der Waals surface area contributed by atoms with Crippen LogP contribution in [0.5, 0.6) is 0 Å². The van der Waals surface area contributed by atoms with Crippen LogP contribution < -0.4 is 0 Å². The standard InChI is InChI=1S/C27H36O9/c1-25(2,10-19-13-31-19)34-22(28)16-7-17(23(29)35-26(3,4)11-20-14-32-20)9-18(8-16)24(30)36-27(5,6)12-21-15-33-21/h7-9,19-21H,10-15H2,1-6H3. The molecular formula is C27H36O9. The molecule has 0 N–H and O–H groups in total. The second kappa shape index (κ2) is 9.76. The van der Waals surface area contributed by atoms with E-state index in [1.165, 1.54) is 18.2 Å². The Morgan fingerprint density at radius 1 is 0.611 bits per heavy atom. The molecule has 3 aliphatic heterocycles. The van der Waals surface area contributed by atoms with Gasteiger partial charge < -0.3 is 28.4 Å². The fraction of sp³-hybridized carbons (Fsp3) is 0.667. The number of hydrogen-bond donors (Lipinski definition) is 0. The molecule has 36 heavy (non-hydrogen) atoms. The van der Waals surface area contributed by atoms with Gasteiger partial charge in [0.05, 0.1) is 54.8 Å². The van der Waals surface area contributed by atoms with E-state index in [0.717, 1.165) is 0 Å². The van der Waals surface area contributed by atoms with E-state index in [1.54, 1.807) is 41.5 Å².